The molecule has 0 bridgehead atoms. The number of likely N-dealkylation sites (N-methyl/N-ethyl adjacent to an activating group) is 1. The van der Waals surface area contributed by atoms with Crippen molar-refractivity contribution in [1.82, 2.24) is 14.1 Å². The highest BCUT2D eigenvalue weighted by atomic mass is 35.5. The Morgan fingerprint density at radius 3 is 2.20 bits per heavy atom. The average Bonchev–Trinajstić information content (AvgIpc) is 2.74. The summed E-state index contributed by atoms with van der Waals surface area (Å²) in [5.41, 5.74) is 2.46. The van der Waals surface area contributed by atoms with Crippen LogP contribution in [0, 0.1) is 0 Å². The Hall–Kier alpha value is -1.93. The monoisotopic (exact) mass is 449 g/mol. The minimum absolute atomic E-state index is 0.0115. The fourth-order valence-electron chi connectivity index (χ4n) is 3.55. The zero-order valence-corrected chi connectivity index (χ0v) is 19.0. The molecule has 0 atom stereocenters. The van der Waals surface area contributed by atoms with E-state index >= 15 is 0 Å². The Balaban J connectivity index is 1.53. The summed E-state index contributed by atoms with van der Waals surface area (Å²) in [4.78, 5) is 16.5. The normalized spacial score (nSPS) is 15.5. The molecular formula is C22H28ClN3O3S. The topological polar surface area (TPSA) is 60.9 Å². The quantitative estimate of drug-likeness (QED) is 0.652. The SMILES string of the molecule is CCc1ccc(CN(C)CC(=O)N2CCN(S(=O)(=O)c3ccccc3Cl)CC2)cc1. The molecule has 0 spiro atoms. The summed E-state index contributed by atoms with van der Waals surface area (Å²) in [5.74, 6) is 0.0115. The standard InChI is InChI=1S/C22H28ClN3O3S/c1-3-18-8-10-19(11-9-18)16-24(2)17-22(27)25-12-14-26(15-13-25)30(28,29)21-7-5-4-6-20(21)23/h4-11H,3,12-17H2,1-2H3. The molecule has 1 aliphatic heterocycles. The van der Waals surface area contributed by atoms with Crippen molar-refractivity contribution >= 4 is 27.5 Å². The Labute approximate surface area is 184 Å². The van der Waals surface area contributed by atoms with Gasteiger partial charge in [0.2, 0.25) is 15.9 Å². The molecule has 1 aliphatic rings. The number of halogens is 1. The van der Waals surface area contributed by atoms with Gasteiger partial charge in [0.05, 0.1) is 11.6 Å². The third-order valence-electron chi connectivity index (χ3n) is 5.33. The molecule has 30 heavy (non-hydrogen) atoms. The van der Waals surface area contributed by atoms with E-state index in [-0.39, 0.29) is 28.9 Å². The predicted molar refractivity (Wildman–Crippen MR) is 119 cm³/mol. The van der Waals surface area contributed by atoms with E-state index in [0.29, 0.717) is 26.2 Å². The van der Waals surface area contributed by atoms with Gasteiger partial charge in [0.1, 0.15) is 4.90 Å². The van der Waals surface area contributed by atoms with E-state index in [0.717, 1.165) is 12.0 Å². The van der Waals surface area contributed by atoms with Gasteiger partial charge in [0.15, 0.2) is 0 Å². The minimum atomic E-state index is -3.66. The van der Waals surface area contributed by atoms with Crippen molar-refractivity contribution in [1.29, 1.82) is 0 Å². The van der Waals surface area contributed by atoms with Crippen LogP contribution in [0.25, 0.3) is 0 Å². The third-order valence-corrected chi connectivity index (χ3v) is 7.73. The van der Waals surface area contributed by atoms with Gasteiger partial charge in [0.25, 0.3) is 0 Å². The van der Waals surface area contributed by atoms with Crippen molar-refractivity contribution in [3.63, 3.8) is 0 Å². The van der Waals surface area contributed by atoms with Crippen LogP contribution in [0.5, 0.6) is 0 Å². The molecule has 1 heterocycles. The number of carbonyl (C=O) groups is 1. The van der Waals surface area contributed by atoms with E-state index in [1.807, 2.05) is 11.9 Å². The number of rotatable bonds is 7. The number of nitrogens with zero attached hydrogens (tertiary/aromatic N) is 3. The Kier molecular flexibility index (Phi) is 7.52. The number of carbonyl (C=O) groups excluding carboxylic acids is 1. The molecule has 0 radical (unpaired) electrons. The Morgan fingerprint density at radius 1 is 1.00 bits per heavy atom. The second-order valence-corrected chi connectivity index (χ2v) is 9.87. The van der Waals surface area contributed by atoms with Crippen molar-refractivity contribution in [3.8, 4) is 0 Å². The van der Waals surface area contributed by atoms with E-state index in [1.54, 1.807) is 23.1 Å². The molecule has 0 N–H and O–H groups in total. The van der Waals surface area contributed by atoms with Gasteiger partial charge in [0, 0.05) is 32.7 Å². The molecular weight excluding hydrogens is 422 g/mol. The number of benzene rings is 2. The Morgan fingerprint density at radius 2 is 1.60 bits per heavy atom. The van der Waals surface area contributed by atoms with Crippen molar-refractivity contribution in [2.75, 3.05) is 39.8 Å². The first kappa shape index (κ1) is 22.7. The molecule has 2 aromatic carbocycles. The summed E-state index contributed by atoms with van der Waals surface area (Å²) in [6, 6.07) is 14.9. The largest absolute Gasteiger partial charge is 0.339 e. The molecule has 0 aliphatic carbocycles. The zero-order valence-electron chi connectivity index (χ0n) is 17.4. The van der Waals surface area contributed by atoms with Gasteiger partial charge in [-0.2, -0.15) is 4.31 Å². The number of amides is 1. The van der Waals surface area contributed by atoms with Crippen LogP contribution in [0.3, 0.4) is 0 Å². The van der Waals surface area contributed by atoms with E-state index < -0.39 is 10.0 Å². The summed E-state index contributed by atoms with van der Waals surface area (Å²) in [6.07, 6.45) is 1.01. The molecule has 8 heteroatoms. The van der Waals surface area contributed by atoms with Crippen LogP contribution >= 0.6 is 11.6 Å². The van der Waals surface area contributed by atoms with Crippen LogP contribution in [0.15, 0.2) is 53.4 Å². The molecule has 6 nitrogen and oxygen atoms in total. The highest BCUT2D eigenvalue weighted by Gasteiger charge is 2.31. The molecule has 0 unspecified atom stereocenters. The highest BCUT2D eigenvalue weighted by Crippen LogP contribution is 2.25. The van der Waals surface area contributed by atoms with Gasteiger partial charge in [-0.05, 0) is 36.7 Å². The summed E-state index contributed by atoms with van der Waals surface area (Å²) in [6.45, 7) is 4.40. The second kappa shape index (κ2) is 9.92. The predicted octanol–water partition coefficient (Wildman–Crippen LogP) is 2.87. The summed E-state index contributed by atoms with van der Waals surface area (Å²) in [5, 5.41) is 0.213. The van der Waals surface area contributed by atoms with Crippen LogP contribution in [-0.2, 0) is 27.8 Å². The number of sulfonamides is 1. The molecule has 0 saturated carbocycles. The van der Waals surface area contributed by atoms with E-state index in [4.69, 9.17) is 11.6 Å². The van der Waals surface area contributed by atoms with E-state index in [9.17, 15) is 13.2 Å². The smallest absolute Gasteiger partial charge is 0.244 e. The van der Waals surface area contributed by atoms with Gasteiger partial charge in [-0.25, -0.2) is 8.42 Å². The lowest BCUT2D eigenvalue weighted by atomic mass is 10.1. The maximum atomic E-state index is 12.8. The van der Waals surface area contributed by atoms with Crippen LogP contribution < -0.4 is 0 Å². The molecule has 0 aromatic heterocycles. The number of hydrogen-bond acceptors (Lipinski definition) is 4. The van der Waals surface area contributed by atoms with Crippen LogP contribution in [-0.4, -0.2) is 68.2 Å². The van der Waals surface area contributed by atoms with Gasteiger partial charge >= 0.3 is 0 Å². The van der Waals surface area contributed by atoms with Gasteiger partial charge in [-0.15, -0.1) is 0 Å². The van der Waals surface area contributed by atoms with Crippen molar-refractivity contribution < 1.29 is 13.2 Å². The van der Waals surface area contributed by atoms with Crippen LogP contribution in [0.4, 0.5) is 0 Å². The first-order chi connectivity index (χ1) is 14.3. The van der Waals surface area contributed by atoms with E-state index in [1.165, 1.54) is 15.9 Å². The number of piperazine rings is 1. The minimum Gasteiger partial charge on any atom is -0.339 e. The van der Waals surface area contributed by atoms with Crippen LogP contribution in [0.1, 0.15) is 18.1 Å². The van der Waals surface area contributed by atoms with Crippen molar-refractivity contribution in [2.24, 2.45) is 0 Å². The van der Waals surface area contributed by atoms with Crippen molar-refractivity contribution in [3.05, 3.63) is 64.7 Å². The summed E-state index contributed by atoms with van der Waals surface area (Å²) < 4.78 is 27.1. The summed E-state index contributed by atoms with van der Waals surface area (Å²) >= 11 is 6.07. The lowest BCUT2D eigenvalue weighted by molar-refractivity contribution is -0.133. The zero-order chi connectivity index (χ0) is 21.7. The lowest BCUT2D eigenvalue weighted by Crippen LogP contribution is -2.52. The van der Waals surface area contributed by atoms with Crippen LogP contribution in [0.2, 0.25) is 5.02 Å². The molecule has 1 fully saturated rings. The third kappa shape index (κ3) is 5.40. The maximum Gasteiger partial charge on any atom is 0.244 e. The first-order valence-corrected chi connectivity index (χ1v) is 11.9. The molecule has 1 amide bonds. The highest BCUT2D eigenvalue weighted by molar-refractivity contribution is 7.89. The van der Waals surface area contributed by atoms with E-state index in [2.05, 4.69) is 31.2 Å². The van der Waals surface area contributed by atoms with Gasteiger partial charge < -0.3 is 4.90 Å². The first-order valence-electron chi connectivity index (χ1n) is 10.1. The fraction of sp³-hybridized carbons (Fsp3) is 0.409. The number of aryl methyl sites for hydroxylation is 1. The Bertz CT molecular complexity index is 971. The lowest BCUT2D eigenvalue weighted by Gasteiger charge is -2.35. The fourth-order valence-corrected chi connectivity index (χ4v) is 5.47. The maximum absolute atomic E-state index is 12.8. The molecule has 162 valence electrons. The number of hydrogen-bond donors (Lipinski definition) is 0. The van der Waals surface area contributed by atoms with Gasteiger partial charge in [-0.1, -0.05) is 54.9 Å². The molecule has 1 saturated heterocycles. The summed E-state index contributed by atoms with van der Waals surface area (Å²) in [7, 11) is -1.74. The molecule has 3 rings (SSSR count). The van der Waals surface area contributed by atoms with Gasteiger partial charge in [-0.3, -0.25) is 9.69 Å². The molecule has 2 aromatic rings. The van der Waals surface area contributed by atoms with Crippen molar-refractivity contribution in [2.45, 2.75) is 24.8 Å². The average molecular weight is 450 g/mol. The second-order valence-electron chi connectivity index (χ2n) is 7.56.